The summed E-state index contributed by atoms with van der Waals surface area (Å²) in [6.07, 6.45) is 3.69. The van der Waals surface area contributed by atoms with Crippen LogP contribution in [0.3, 0.4) is 0 Å². The minimum absolute atomic E-state index is 0.174. The maximum Gasteiger partial charge on any atom is 0.307 e. The number of hydrogen-bond acceptors (Lipinski definition) is 4. The fourth-order valence-electron chi connectivity index (χ4n) is 3.02. The molecule has 0 aliphatic heterocycles. The summed E-state index contributed by atoms with van der Waals surface area (Å²) in [6, 6.07) is 10.1. The number of carbonyl (C=O) groups excluding carboxylic acids is 2. The molecule has 1 aliphatic rings. The summed E-state index contributed by atoms with van der Waals surface area (Å²) in [7, 11) is 0. The monoisotopic (exact) mass is 349 g/mol. The Kier molecular flexibility index (Phi) is 7.63. The van der Waals surface area contributed by atoms with Crippen molar-refractivity contribution >= 4 is 23.6 Å². The van der Waals surface area contributed by atoms with Gasteiger partial charge in [-0.25, -0.2) is 0 Å². The van der Waals surface area contributed by atoms with Gasteiger partial charge in [-0.3, -0.25) is 9.59 Å². The van der Waals surface area contributed by atoms with E-state index < -0.39 is 0 Å². The molecule has 0 heterocycles. The van der Waals surface area contributed by atoms with Crippen molar-refractivity contribution in [2.75, 3.05) is 12.4 Å². The molecule has 1 fully saturated rings. The predicted molar refractivity (Wildman–Crippen MR) is 96.9 cm³/mol. The lowest BCUT2D eigenvalue weighted by atomic mass is 9.78. The van der Waals surface area contributed by atoms with Crippen molar-refractivity contribution in [2.24, 2.45) is 11.8 Å². The lowest BCUT2D eigenvalue weighted by Crippen LogP contribution is -2.45. The molecule has 1 N–H and O–H groups in total. The van der Waals surface area contributed by atoms with Gasteiger partial charge in [-0.15, -0.1) is 11.8 Å². The normalized spacial score (nSPS) is 23.5. The molecule has 0 saturated heterocycles. The molecule has 0 unspecified atom stereocenters. The highest BCUT2D eigenvalue weighted by molar-refractivity contribution is 7.99. The Morgan fingerprint density at radius 3 is 2.71 bits per heavy atom. The molecule has 132 valence electrons. The summed E-state index contributed by atoms with van der Waals surface area (Å²) < 4.78 is 5.08. The third-order valence-electron chi connectivity index (χ3n) is 4.74. The lowest BCUT2D eigenvalue weighted by Gasteiger charge is -2.34. The summed E-state index contributed by atoms with van der Waals surface area (Å²) >= 11 is 1.61. The zero-order valence-electron chi connectivity index (χ0n) is 14.5. The first kappa shape index (κ1) is 18.8. The number of rotatable bonds is 7. The number of nitrogens with one attached hydrogen (secondary N) is 1. The van der Waals surface area contributed by atoms with E-state index in [-0.39, 0.29) is 24.5 Å². The molecular formula is C19H27NO3S. The summed E-state index contributed by atoms with van der Waals surface area (Å²) in [4.78, 5) is 24.8. The second-order valence-corrected chi connectivity index (χ2v) is 7.68. The summed E-state index contributed by atoms with van der Waals surface area (Å²) in [5.74, 6) is 1.24. The van der Waals surface area contributed by atoms with Gasteiger partial charge < -0.3 is 10.1 Å². The van der Waals surface area contributed by atoms with Crippen LogP contribution >= 0.6 is 11.8 Å². The minimum atomic E-state index is -0.321. The molecule has 0 aromatic heterocycles. The lowest BCUT2D eigenvalue weighted by molar-refractivity contribution is -0.148. The number of benzene rings is 1. The first-order valence-corrected chi connectivity index (χ1v) is 9.67. The predicted octanol–water partition coefficient (Wildman–Crippen LogP) is 3.65. The first-order valence-electron chi connectivity index (χ1n) is 8.69. The second kappa shape index (κ2) is 9.72. The highest BCUT2D eigenvalue weighted by atomic mass is 32.2. The Balaban J connectivity index is 1.61. The number of amides is 1. The molecule has 1 aromatic rings. The maximum atomic E-state index is 12.0. The molecule has 0 spiro atoms. The fraction of sp³-hybridized carbons (Fsp3) is 0.579. The largest absolute Gasteiger partial charge is 0.456 e. The van der Waals surface area contributed by atoms with E-state index in [2.05, 4.69) is 19.2 Å². The minimum Gasteiger partial charge on any atom is -0.456 e. The van der Waals surface area contributed by atoms with Crippen molar-refractivity contribution in [3.05, 3.63) is 30.3 Å². The molecule has 1 saturated carbocycles. The van der Waals surface area contributed by atoms with Gasteiger partial charge in [0.25, 0.3) is 5.91 Å². The Morgan fingerprint density at radius 1 is 1.21 bits per heavy atom. The van der Waals surface area contributed by atoms with E-state index in [4.69, 9.17) is 4.74 Å². The van der Waals surface area contributed by atoms with Gasteiger partial charge >= 0.3 is 5.97 Å². The Labute approximate surface area is 148 Å². The van der Waals surface area contributed by atoms with Crippen LogP contribution in [-0.4, -0.2) is 30.3 Å². The van der Waals surface area contributed by atoms with Crippen molar-refractivity contribution in [2.45, 2.75) is 50.5 Å². The number of hydrogen-bond donors (Lipinski definition) is 1. The van der Waals surface area contributed by atoms with Crippen LogP contribution in [0.25, 0.3) is 0 Å². The molecular weight excluding hydrogens is 322 g/mol. The van der Waals surface area contributed by atoms with Gasteiger partial charge in [0.15, 0.2) is 6.61 Å². The molecule has 1 aromatic carbocycles. The quantitative estimate of drug-likeness (QED) is 0.603. The molecule has 1 amide bonds. The van der Waals surface area contributed by atoms with E-state index in [0.717, 1.165) is 17.7 Å². The van der Waals surface area contributed by atoms with Crippen molar-refractivity contribution in [3.8, 4) is 0 Å². The molecule has 1 aliphatic carbocycles. The van der Waals surface area contributed by atoms with Gasteiger partial charge in [-0.2, -0.15) is 0 Å². The van der Waals surface area contributed by atoms with Crippen LogP contribution in [0.2, 0.25) is 0 Å². The molecule has 4 nitrogen and oxygen atoms in total. The van der Waals surface area contributed by atoms with Crippen molar-refractivity contribution in [1.29, 1.82) is 0 Å². The topological polar surface area (TPSA) is 55.4 Å². The van der Waals surface area contributed by atoms with Crippen LogP contribution in [0.5, 0.6) is 0 Å². The molecule has 2 rings (SSSR count). The Bertz CT molecular complexity index is 535. The highest BCUT2D eigenvalue weighted by Gasteiger charge is 2.28. The van der Waals surface area contributed by atoms with E-state index in [1.54, 1.807) is 11.8 Å². The van der Waals surface area contributed by atoms with E-state index in [1.807, 2.05) is 30.3 Å². The summed E-state index contributed by atoms with van der Waals surface area (Å²) in [6.45, 7) is 4.24. The number of carbonyl (C=O) groups is 2. The first-order chi connectivity index (χ1) is 11.6. The van der Waals surface area contributed by atoms with Crippen LogP contribution in [0.1, 0.15) is 39.5 Å². The third-order valence-corrected chi connectivity index (χ3v) is 5.75. The van der Waals surface area contributed by atoms with Crippen molar-refractivity contribution < 1.29 is 14.3 Å². The molecule has 24 heavy (non-hydrogen) atoms. The zero-order chi connectivity index (χ0) is 17.4. The summed E-state index contributed by atoms with van der Waals surface area (Å²) in [5.41, 5.74) is 0. The number of thioether (sulfide) groups is 1. The second-order valence-electron chi connectivity index (χ2n) is 6.51. The standard InChI is InChI=1S/C19H27NO3S/c1-14-7-6-10-17(15(14)2)20-18(21)13-23-19(22)11-12-24-16-8-4-3-5-9-16/h3-5,8-9,14-15,17H,6-7,10-13H2,1-2H3,(H,20,21)/t14-,15+,17+/m1/s1. The Morgan fingerprint density at radius 2 is 1.96 bits per heavy atom. The molecule has 5 heteroatoms. The van der Waals surface area contributed by atoms with Gasteiger partial charge in [-0.1, -0.05) is 44.9 Å². The van der Waals surface area contributed by atoms with Crippen LogP contribution < -0.4 is 5.32 Å². The molecule has 0 radical (unpaired) electrons. The zero-order valence-corrected chi connectivity index (χ0v) is 15.3. The van der Waals surface area contributed by atoms with Crippen LogP contribution in [0.15, 0.2) is 35.2 Å². The van der Waals surface area contributed by atoms with Gasteiger partial charge in [0.2, 0.25) is 0 Å². The van der Waals surface area contributed by atoms with Crippen LogP contribution in [0, 0.1) is 11.8 Å². The third kappa shape index (κ3) is 6.19. The van der Waals surface area contributed by atoms with Crippen LogP contribution in [0.4, 0.5) is 0 Å². The van der Waals surface area contributed by atoms with Gasteiger partial charge in [0.05, 0.1) is 6.42 Å². The highest BCUT2D eigenvalue weighted by Crippen LogP contribution is 2.29. The summed E-state index contributed by atoms with van der Waals surface area (Å²) in [5, 5.41) is 3.01. The number of esters is 1. The maximum absolute atomic E-state index is 12.0. The fourth-order valence-corrected chi connectivity index (χ4v) is 3.88. The Hall–Kier alpha value is -1.49. The van der Waals surface area contributed by atoms with E-state index in [9.17, 15) is 9.59 Å². The number of ether oxygens (including phenoxy) is 1. The van der Waals surface area contributed by atoms with Crippen LogP contribution in [-0.2, 0) is 14.3 Å². The average molecular weight is 349 g/mol. The smallest absolute Gasteiger partial charge is 0.307 e. The van der Waals surface area contributed by atoms with Gasteiger partial charge in [0.1, 0.15) is 0 Å². The molecule has 0 bridgehead atoms. The molecule has 3 atom stereocenters. The van der Waals surface area contributed by atoms with Gasteiger partial charge in [-0.05, 0) is 30.4 Å². The van der Waals surface area contributed by atoms with Crippen molar-refractivity contribution in [1.82, 2.24) is 5.32 Å². The van der Waals surface area contributed by atoms with E-state index in [0.29, 0.717) is 24.0 Å². The van der Waals surface area contributed by atoms with E-state index >= 15 is 0 Å². The van der Waals surface area contributed by atoms with Crippen molar-refractivity contribution in [3.63, 3.8) is 0 Å². The SMILES string of the molecule is C[C@H]1[C@H](C)CCC[C@@H]1NC(=O)COC(=O)CCSc1ccccc1. The van der Waals surface area contributed by atoms with Gasteiger partial charge in [0, 0.05) is 16.7 Å². The van der Waals surface area contributed by atoms with E-state index in [1.165, 1.54) is 6.42 Å². The average Bonchev–Trinajstić information content (AvgIpc) is 2.58.